The van der Waals surface area contributed by atoms with Crippen molar-refractivity contribution in [3.8, 4) is 11.5 Å². The van der Waals surface area contributed by atoms with Gasteiger partial charge < -0.3 is 14.8 Å². The van der Waals surface area contributed by atoms with Crippen LogP contribution in [-0.4, -0.2) is 30.8 Å². The summed E-state index contributed by atoms with van der Waals surface area (Å²) in [7, 11) is 0. The van der Waals surface area contributed by atoms with E-state index in [-0.39, 0.29) is 0 Å². The Hall–Kier alpha value is -0.580. The quantitative estimate of drug-likeness (QED) is 0.909. The summed E-state index contributed by atoms with van der Waals surface area (Å²) in [5, 5.41) is 5.11. The van der Waals surface area contributed by atoms with Gasteiger partial charge in [0.1, 0.15) is 0 Å². The zero-order valence-electron chi connectivity index (χ0n) is 12.4. The third-order valence-corrected chi connectivity index (χ3v) is 5.55. The standard InChI is InChI=1S/C16H22ClNO2S/c1-21-13-4-3-12(9-13)18-10-11-7-14(17)16-15(8-11)19-5-2-6-20-16/h7-8,12-13,18H,2-6,9-10H2,1H3. The molecule has 1 aliphatic carbocycles. The highest BCUT2D eigenvalue weighted by molar-refractivity contribution is 7.99. The van der Waals surface area contributed by atoms with Crippen LogP contribution in [0.3, 0.4) is 0 Å². The monoisotopic (exact) mass is 327 g/mol. The predicted octanol–water partition coefficient (Wildman–Crippen LogP) is 3.88. The van der Waals surface area contributed by atoms with Crippen molar-refractivity contribution in [2.24, 2.45) is 0 Å². The van der Waals surface area contributed by atoms with E-state index in [1.165, 1.54) is 19.3 Å². The van der Waals surface area contributed by atoms with Crippen molar-refractivity contribution >= 4 is 23.4 Å². The Morgan fingerprint density at radius 3 is 2.95 bits per heavy atom. The normalized spacial score (nSPS) is 24.9. The lowest BCUT2D eigenvalue weighted by atomic mass is 10.1. The number of thioether (sulfide) groups is 1. The minimum Gasteiger partial charge on any atom is -0.489 e. The smallest absolute Gasteiger partial charge is 0.179 e. The van der Waals surface area contributed by atoms with Gasteiger partial charge >= 0.3 is 0 Å². The molecule has 1 aliphatic heterocycles. The van der Waals surface area contributed by atoms with Crippen molar-refractivity contribution in [1.29, 1.82) is 0 Å². The van der Waals surface area contributed by atoms with Crippen molar-refractivity contribution in [3.05, 3.63) is 22.7 Å². The summed E-state index contributed by atoms with van der Waals surface area (Å²) < 4.78 is 11.4. The molecule has 0 bridgehead atoms. The topological polar surface area (TPSA) is 30.5 Å². The Labute approximate surface area is 135 Å². The molecule has 1 N–H and O–H groups in total. The molecule has 0 aromatic heterocycles. The van der Waals surface area contributed by atoms with Crippen molar-refractivity contribution in [2.75, 3.05) is 19.5 Å². The molecule has 1 aromatic carbocycles. The van der Waals surface area contributed by atoms with Crippen LogP contribution in [0.4, 0.5) is 0 Å². The number of ether oxygens (including phenoxy) is 2. The molecule has 2 unspecified atom stereocenters. The first kappa shape index (κ1) is 15.3. The summed E-state index contributed by atoms with van der Waals surface area (Å²) in [6.07, 6.45) is 6.96. The molecular formula is C16H22ClNO2S. The maximum absolute atomic E-state index is 6.32. The highest BCUT2D eigenvalue weighted by Gasteiger charge is 2.23. The van der Waals surface area contributed by atoms with E-state index in [9.17, 15) is 0 Å². The summed E-state index contributed by atoms with van der Waals surface area (Å²) >= 11 is 8.31. The second-order valence-electron chi connectivity index (χ2n) is 5.70. The largest absolute Gasteiger partial charge is 0.489 e. The lowest BCUT2D eigenvalue weighted by molar-refractivity contribution is 0.297. The summed E-state index contributed by atoms with van der Waals surface area (Å²) in [5.41, 5.74) is 1.16. The maximum Gasteiger partial charge on any atom is 0.179 e. The van der Waals surface area contributed by atoms with E-state index in [2.05, 4.69) is 17.6 Å². The van der Waals surface area contributed by atoms with E-state index in [0.717, 1.165) is 29.5 Å². The number of hydrogen-bond donors (Lipinski definition) is 1. The van der Waals surface area contributed by atoms with E-state index >= 15 is 0 Å². The lowest BCUT2D eigenvalue weighted by Gasteiger charge is -2.15. The fourth-order valence-electron chi connectivity index (χ4n) is 2.99. The first-order chi connectivity index (χ1) is 10.3. The first-order valence-electron chi connectivity index (χ1n) is 7.60. The van der Waals surface area contributed by atoms with Crippen molar-refractivity contribution < 1.29 is 9.47 Å². The molecule has 0 amide bonds. The molecule has 5 heteroatoms. The molecule has 1 aromatic rings. The lowest BCUT2D eigenvalue weighted by Crippen LogP contribution is -2.26. The maximum atomic E-state index is 6.32. The minimum absolute atomic E-state index is 0.622. The van der Waals surface area contributed by atoms with Crippen molar-refractivity contribution in [2.45, 2.75) is 43.5 Å². The second-order valence-corrected chi connectivity index (χ2v) is 7.25. The van der Waals surface area contributed by atoms with Gasteiger partial charge in [0.05, 0.1) is 18.2 Å². The van der Waals surface area contributed by atoms with Gasteiger partial charge in [0.2, 0.25) is 0 Å². The van der Waals surface area contributed by atoms with Gasteiger partial charge in [0, 0.05) is 24.3 Å². The fraction of sp³-hybridized carbons (Fsp3) is 0.625. The van der Waals surface area contributed by atoms with Crippen LogP contribution in [0, 0.1) is 0 Å². The van der Waals surface area contributed by atoms with Gasteiger partial charge in [0.15, 0.2) is 11.5 Å². The predicted molar refractivity (Wildman–Crippen MR) is 88.8 cm³/mol. The Balaban J connectivity index is 1.63. The minimum atomic E-state index is 0.622. The number of rotatable bonds is 4. The molecule has 2 atom stereocenters. The molecular weight excluding hydrogens is 306 g/mol. The fourth-order valence-corrected chi connectivity index (χ4v) is 4.07. The van der Waals surface area contributed by atoms with Crippen LogP contribution in [0.15, 0.2) is 12.1 Å². The van der Waals surface area contributed by atoms with Crippen LogP contribution in [0.5, 0.6) is 11.5 Å². The molecule has 116 valence electrons. The summed E-state index contributed by atoms with van der Waals surface area (Å²) in [6.45, 7) is 2.20. The number of nitrogens with one attached hydrogen (secondary N) is 1. The third-order valence-electron chi connectivity index (χ3n) is 4.17. The van der Waals surface area contributed by atoms with Crippen molar-refractivity contribution in [1.82, 2.24) is 5.32 Å². The van der Waals surface area contributed by atoms with Crippen LogP contribution in [0.2, 0.25) is 5.02 Å². The van der Waals surface area contributed by atoms with Crippen LogP contribution in [-0.2, 0) is 6.54 Å². The van der Waals surface area contributed by atoms with E-state index in [0.29, 0.717) is 30.0 Å². The number of benzene rings is 1. The molecule has 1 heterocycles. The van der Waals surface area contributed by atoms with Crippen LogP contribution < -0.4 is 14.8 Å². The Bertz CT molecular complexity index is 497. The second kappa shape index (κ2) is 7.12. The average Bonchev–Trinajstić information content (AvgIpc) is 2.82. The molecule has 0 radical (unpaired) electrons. The molecule has 3 nitrogen and oxygen atoms in total. The van der Waals surface area contributed by atoms with Crippen LogP contribution in [0.1, 0.15) is 31.2 Å². The highest BCUT2D eigenvalue weighted by Crippen LogP contribution is 2.38. The van der Waals surface area contributed by atoms with Gasteiger partial charge in [0.25, 0.3) is 0 Å². The highest BCUT2D eigenvalue weighted by atomic mass is 35.5. The van der Waals surface area contributed by atoms with Crippen LogP contribution >= 0.6 is 23.4 Å². The van der Waals surface area contributed by atoms with Crippen molar-refractivity contribution in [3.63, 3.8) is 0 Å². The van der Waals surface area contributed by atoms with Crippen LogP contribution in [0.25, 0.3) is 0 Å². The average molecular weight is 328 g/mol. The number of halogens is 1. The molecule has 0 saturated heterocycles. The number of fused-ring (bicyclic) bond motifs is 1. The molecule has 21 heavy (non-hydrogen) atoms. The Morgan fingerprint density at radius 1 is 1.29 bits per heavy atom. The van der Waals surface area contributed by atoms with E-state index in [1.54, 1.807) is 0 Å². The Kier molecular flexibility index (Phi) is 5.19. The SMILES string of the molecule is CSC1CCC(NCc2cc(Cl)c3c(c2)OCCCO3)C1. The summed E-state index contributed by atoms with van der Waals surface area (Å²) in [5.74, 6) is 1.48. The Morgan fingerprint density at radius 2 is 2.14 bits per heavy atom. The van der Waals surface area contributed by atoms with Gasteiger partial charge in [-0.1, -0.05) is 11.6 Å². The molecule has 2 aliphatic rings. The summed E-state index contributed by atoms with van der Waals surface area (Å²) in [6, 6.07) is 4.67. The van der Waals surface area contributed by atoms with Gasteiger partial charge in [-0.25, -0.2) is 0 Å². The van der Waals surface area contributed by atoms with E-state index < -0.39 is 0 Å². The van der Waals surface area contributed by atoms with E-state index in [4.69, 9.17) is 21.1 Å². The third kappa shape index (κ3) is 3.79. The molecule has 1 fully saturated rings. The molecule has 1 saturated carbocycles. The zero-order valence-corrected chi connectivity index (χ0v) is 13.9. The molecule has 0 spiro atoms. The number of hydrogen-bond acceptors (Lipinski definition) is 4. The van der Waals surface area contributed by atoms with Gasteiger partial charge in [-0.05, 0) is 43.2 Å². The van der Waals surface area contributed by atoms with Gasteiger partial charge in [-0.3, -0.25) is 0 Å². The van der Waals surface area contributed by atoms with Gasteiger partial charge in [-0.15, -0.1) is 0 Å². The first-order valence-corrected chi connectivity index (χ1v) is 9.27. The van der Waals surface area contributed by atoms with E-state index in [1.807, 2.05) is 17.8 Å². The van der Waals surface area contributed by atoms with Gasteiger partial charge in [-0.2, -0.15) is 11.8 Å². The summed E-state index contributed by atoms with van der Waals surface area (Å²) in [4.78, 5) is 0. The zero-order chi connectivity index (χ0) is 14.7. The molecule has 3 rings (SSSR count).